The molecular weight excluding hydrogens is 455 g/mol. The van der Waals surface area contributed by atoms with Crippen molar-refractivity contribution in [3.05, 3.63) is 101 Å². The van der Waals surface area contributed by atoms with Gasteiger partial charge in [-0.3, -0.25) is 4.90 Å². The maximum absolute atomic E-state index is 15.1. The quantitative estimate of drug-likeness (QED) is 0.386. The van der Waals surface area contributed by atoms with E-state index in [9.17, 15) is 0 Å². The summed E-state index contributed by atoms with van der Waals surface area (Å²) in [5, 5.41) is 12.7. The number of aromatic nitrogens is 4. The number of nitrogens with zero attached hydrogens (tertiary/aromatic N) is 6. The highest BCUT2D eigenvalue weighted by atomic mass is 19.1. The molecule has 0 saturated carbocycles. The Morgan fingerprint density at radius 2 is 1.67 bits per heavy atom. The van der Waals surface area contributed by atoms with Crippen molar-refractivity contribution in [3.63, 3.8) is 0 Å². The predicted octanol–water partition coefficient (Wildman–Crippen LogP) is 4.40. The highest BCUT2D eigenvalue weighted by molar-refractivity contribution is 5.56. The molecule has 0 amide bonds. The van der Waals surface area contributed by atoms with E-state index in [1.165, 1.54) is 22.9 Å². The first-order valence-corrected chi connectivity index (χ1v) is 12.2. The summed E-state index contributed by atoms with van der Waals surface area (Å²) in [4.78, 5) is 4.70. The first-order chi connectivity index (χ1) is 17.5. The molecule has 0 radical (unpaired) electrons. The van der Waals surface area contributed by atoms with E-state index in [1.54, 1.807) is 17.9 Å². The predicted molar refractivity (Wildman–Crippen MR) is 138 cm³/mol. The molecule has 1 fully saturated rings. The molecule has 1 aliphatic rings. The lowest BCUT2D eigenvalue weighted by atomic mass is 10.0. The second kappa shape index (κ2) is 10.5. The van der Waals surface area contributed by atoms with Crippen LogP contribution in [-0.4, -0.2) is 58.4 Å². The molecule has 1 aliphatic heterocycles. The SMILES string of the molecule is COc1ccc(Cn2nnnc2C(c2ccccc2F)N2CCN(c3cccc(C)c3C)CC2)cc1. The van der Waals surface area contributed by atoms with Crippen LogP contribution in [0.3, 0.4) is 0 Å². The van der Waals surface area contributed by atoms with Crippen molar-refractivity contribution < 1.29 is 9.13 Å². The van der Waals surface area contributed by atoms with Crippen molar-refractivity contribution in [1.82, 2.24) is 25.1 Å². The molecule has 2 heterocycles. The van der Waals surface area contributed by atoms with Crippen LogP contribution in [0.5, 0.6) is 5.75 Å². The average Bonchev–Trinajstić information content (AvgIpc) is 3.35. The van der Waals surface area contributed by atoms with E-state index in [0.717, 1.165) is 37.5 Å². The van der Waals surface area contributed by atoms with E-state index in [4.69, 9.17) is 4.74 Å². The van der Waals surface area contributed by atoms with Crippen LogP contribution in [-0.2, 0) is 6.54 Å². The molecule has 0 N–H and O–H groups in total. The Bertz CT molecular complexity index is 1310. The summed E-state index contributed by atoms with van der Waals surface area (Å²) in [6.45, 7) is 8.02. The van der Waals surface area contributed by atoms with Gasteiger partial charge in [-0.25, -0.2) is 9.07 Å². The third-order valence-electron chi connectivity index (χ3n) is 7.09. The minimum absolute atomic E-state index is 0.251. The molecule has 3 aromatic carbocycles. The van der Waals surface area contributed by atoms with Gasteiger partial charge in [0.25, 0.3) is 0 Å². The molecular formula is C28H31FN6O. The van der Waals surface area contributed by atoms with E-state index in [2.05, 4.69) is 57.4 Å². The molecule has 0 spiro atoms. The fraction of sp³-hybridized carbons (Fsp3) is 0.321. The van der Waals surface area contributed by atoms with E-state index < -0.39 is 0 Å². The molecule has 186 valence electrons. The zero-order chi connectivity index (χ0) is 25.1. The second-order valence-corrected chi connectivity index (χ2v) is 9.21. The minimum Gasteiger partial charge on any atom is -0.497 e. The number of halogens is 1. The van der Waals surface area contributed by atoms with Gasteiger partial charge in [0.1, 0.15) is 17.6 Å². The summed E-state index contributed by atoms with van der Waals surface area (Å²) < 4.78 is 22.2. The summed E-state index contributed by atoms with van der Waals surface area (Å²) in [7, 11) is 1.65. The van der Waals surface area contributed by atoms with Crippen LogP contribution in [0.25, 0.3) is 0 Å². The van der Waals surface area contributed by atoms with Gasteiger partial charge in [0.15, 0.2) is 5.82 Å². The van der Waals surface area contributed by atoms with Crippen LogP contribution in [0.1, 0.15) is 34.1 Å². The summed E-state index contributed by atoms with van der Waals surface area (Å²) >= 11 is 0. The number of anilines is 1. The monoisotopic (exact) mass is 486 g/mol. The number of methoxy groups -OCH3 is 1. The Hall–Kier alpha value is -3.78. The molecule has 4 aromatic rings. The number of hydrogen-bond acceptors (Lipinski definition) is 6. The lowest BCUT2D eigenvalue weighted by Crippen LogP contribution is -2.48. The lowest BCUT2D eigenvalue weighted by Gasteiger charge is -2.40. The molecule has 1 aromatic heterocycles. The maximum atomic E-state index is 15.1. The van der Waals surface area contributed by atoms with Crippen LogP contribution in [0.2, 0.25) is 0 Å². The largest absolute Gasteiger partial charge is 0.497 e. The summed E-state index contributed by atoms with van der Waals surface area (Å²) in [6, 6.07) is 20.8. The van der Waals surface area contributed by atoms with Crippen molar-refractivity contribution in [2.45, 2.75) is 26.4 Å². The topological polar surface area (TPSA) is 59.3 Å². The van der Waals surface area contributed by atoms with Crippen molar-refractivity contribution in [2.75, 3.05) is 38.2 Å². The van der Waals surface area contributed by atoms with Gasteiger partial charge in [-0.15, -0.1) is 5.10 Å². The van der Waals surface area contributed by atoms with Crippen LogP contribution in [0.15, 0.2) is 66.7 Å². The third kappa shape index (κ3) is 4.81. The van der Waals surface area contributed by atoms with Gasteiger partial charge < -0.3 is 9.64 Å². The van der Waals surface area contributed by atoms with E-state index >= 15 is 4.39 Å². The zero-order valence-corrected chi connectivity index (χ0v) is 20.9. The Kier molecular flexibility index (Phi) is 6.95. The zero-order valence-electron chi connectivity index (χ0n) is 20.9. The number of rotatable bonds is 7. The molecule has 1 atom stereocenters. The minimum atomic E-state index is -0.389. The lowest BCUT2D eigenvalue weighted by molar-refractivity contribution is 0.198. The molecule has 8 heteroatoms. The van der Waals surface area contributed by atoms with Gasteiger partial charge in [-0.2, -0.15) is 0 Å². The molecule has 0 bridgehead atoms. The number of aryl methyl sites for hydroxylation is 1. The highest BCUT2D eigenvalue weighted by Crippen LogP contribution is 2.32. The number of piperazine rings is 1. The van der Waals surface area contributed by atoms with Crippen LogP contribution < -0.4 is 9.64 Å². The first-order valence-electron chi connectivity index (χ1n) is 12.2. The van der Waals surface area contributed by atoms with E-state index in [0.29, 0.717) is 17.9 Å². The van der Waals surface area contributed by atoms with Crippen LogP contribution >= 0.6 is 0 Å². The van der Waals surface area contributed by atoms with E-state index in [-0.39, 0.29) is 11.9 Å². The van der Waals surface area contributed by atoms with Crippen molar-refractivity contribution >= 4 is 5.69 Å². The van der Waals surface area contributed by atoms with Gasteiger partial charge in [-0.1, -0.05) is 42.5 Å². The Balaban J connectivity index is 1.43. The third-order valence-corrected chi connectivity index (χ3v) is 7.09. The number of hydrogen-bond donors (Lipinski definition) is 0. The number of tetrazole rings is 1. The Morgan fingerprint density at radius 1 is 0.917 bits per heavy atom. The Morgan fingerprint density at radius 3 is 2.39 bits per heavy atom. The number of benzene rings is 3. The second-order valence-electron chi connectivity index (χ2n) is 9.21. The normalized spacial score (nSPS) is 15.2. The highest BCUT2D eigenvalue weighted by Gasteiger charge is 2.32. The first kappa shape index (κ1) is 23.9. The van der Waals surface area contributed by atoms with Gasteiger partial charge in [-0.05, 0) is 65.2 Å². The summed E-state index contributed by atoms with van der Waals surface area (Å²) in [5.74, 6) is 1.18. The van der Waals surface area contributed by atoms with Gasteiger partial charge in [0.2, 0.25) is 0 Å². The molecule has 7 nitrogen and oxygen atoms in total. The standard InChI is InChI=1S/C28H31FN6O/c1-20-7-6-10-26(21(20)2)33-15-17-34(18-16-33)27(24-8-4-5-9-25(24)29)28-30-31-32-35(28)19-22-11-13-23(36-3)14-12-22/h4-14,27H,15-19H2,1-3H3. The molecule has 36 heavy (non-hydrogen) atoms. The maximum Gasteiger partial charge on any atom is 0.173 e. The summed E-state index contributed by atoms with van der Waals surface area (Å²) in [6.07, 6.45) is 0. The molecule has 1 saturated heterocycles. The fourth-order valence-electron chi connectivity index (χ4n) is 4.92. The molecule has 5 rings (SSSR count). The number of ether oxygens (including phenoxy) is 1. The molecule has 1 unspecified atom stereocenters. The van der Waals surface area contributed by atoms with Crippen LogP contribution in [0, 0.1) is 19.7 Å². The van der Waals surface area contributed by atoms with Crippen molar-refractivity contribution in [3.8, 4) is 5.75 Å². The fourth-order valence-corrected chi connectivity index (χ4v) is 4.92. The van der Waals surface area contributed by atoms with Crippen molar-refractivity contribution in [2.24, 2.45) is 0 Å². The summed E-state index contributed by atoms with van der Waals surface area (Å²) in [5.41, 5.74) is 5.48. The molecule has 0 aliphatic carbocycles. The van der Waals surface area contributed by atoms with Crippen molar-refractivity contribution in [1.29, 1.82) is 0 Å². The Labute approximate surface area is 211 Å². The average molecular weight is 487 g/mol. The van der Waals surface area contributed by atoms with E-state index in [1.807, 2.05) is 36.4 Å². The van der Waals surface area contributed by atoms with Gasteiger partial charge >= 0.3 is 0 Å². The van der Waals surface area contributed by atoms with Gasteiger partial charge in [0.05, 0.1) is 13.7 Å². The van der Waals surface area contributed by atoms with Crippen LogP contribution in [0.4, 0.5) is 10.1 Å². The smallest absolute Gasteiger partial charge is 0.173 e. The van der Waals surface area contributed by atoms with Gasteiger partial charge in [0, 0.05) is 37.4 Å².